The Labute approximate surface area is 156 Å². The molecule has 6 heteroatoms. The number of aryl methyl sites for hydroxylation is 1. The molecule has 132 valence electrons. The second-order valence-electron chi connectivity index (χ2n) is 6.09. The molecular weight excluding hydrogens is 338 g/mol. The molecule has 0 aliphatic heterocycles. The molecular formula is C21H17N5O. The summed E-state index contributed by atoms with van der Waals surface area (Å²) in [6, 6.07) is 18.9. The first kappa shape index (κ1) is 16.7. The Balaban J connectivity index is 1.58. The van der Waals surface area contributed by atoms with E-state index in [1.54, 1.807) is 18.5 Å². The van der Waals surface area contributed by atoms with Crippen LogP contribution in [0.5, 0.6) is 0 Å². The van der Waals surface area contributed by atoms with Crippen molar-refractivity contribution in [3.8, 4) is 0 Å². The van der Waals surface area contributed by atoms with Gasteiger partial charge in [0.1, 0.15) is 5.69 Å². The Morgan fingerprint density at radius 1 is 0.926 bits per heavy atom. The molecule has 6 nitrogen and oxygen atoms in total. The third-order valence-electron chi connectivity index (χ3n) is 4.04. The van der Waals surface area contributed by atoms with Gasteiger partial charge in [0, 0.05) is 23.5 Å². The van der Waals surface area contributed by atoms with E-state index in [-0.39, 0.29) is 11.6 Å². The number of nitrogens with zero attached hydrogens (tertiary/aromatic N) is 3. The second kappa shape index (κ2) is 7.21. The van der Waals surface area contributed by atoms with E-state index in [4.69, 9.17) is 0 Å². The lowest BCUT2D eigenvalue weighted by Gasteiger charge is -2.09. The van der Waals surface area contributed by atoms with Crippen LogP contribution in [0.2, 0.25) is 0 Å². The van der Waals surface area contributed by atoms with Crippen molar-refractivity contribution >= 4 is 34.1 Å². The van der Waals surface area contributed by atoms with Gasteiger partial charge in [0.25, 0.3) is 5.91 Å². The molecule has 2 N–H and O–H groups in total. The molecule has 0 atom stereocenters. The normalized spacial score (nSPS) is 10.6. The van der Waals surface area contributed by atoms with Crippen molar-refractivity contribution in [1.29, 1.82) is 0 Å². The molecule has 0 saturated carbocycles. The summed E-state index contributed by atoms with van der Waals surface area (Å²) >= 11 is 0. The molecule has 2 aromatic heterocycles. The van der Waals surface area contributed by atoms with E-state index in [2.05, 4.69) is 25.6 Å². The van der Waals surface area contributed by atoms with Crippen LogP contribution in [-0.4, -0.2) is 20.9 Å². The summed E-state index contributed by atoms with van der Waals surface area (Å²) in [4.78, 5) is 25.4. The van der Waals surface area contributed by atoms with Gasteiger partial charge in [-0.25, -0.2) is 9.97 Å². The van der Waals surface area contributed by atoms with Crippen molar-refractivity contribution in [1.82, 2.24) is 15.0 Å². The molecule has 0 aliphatic carbocycles. The number of para-hydroxylation sites is 1. The average molecular weight is 355 g/mol. The fourth-order valence-corrected chi connectivity index (χ4v) is 2.79. The van der Waals surface area contributed by atoms with Gasteiger partial charge in [0.05, 0.1) is 11.2 Å². The number of nitrogens with one attached hydrogen (secondary N) is 2. The van der Waals surface area contributed by atoms with Crippen LogP contribution in [0.4, 0.5) is 17.3 Å². The molecule has 0 spiro atoms. The Morgan fingerprint density at radius 3 is 2.67 bits per heavy atom. The van der Waals surface area contributed by atoms with Gasteiger partial charge in [-0.05, 0) is 42.8 Å². The average Bonchev–Trinajstić information content (AvgIpc) is 2.68. The summed E-state index contributed by atoms with van der Waals surface area (Å²) in [5.74, 6) is 0.0483. The summed E-state index contributed by atoms with van der Waals surface area (Å²) < 4.78 is 0. The highest BCUT2D eigenvalue weighted by atomic mass is 16.1. The van der Waals surface area contributed by atoms with Crippen LogP contribution in [0.3, 0.4) is 0 Å². The molecule has 0 fully saturated rings. The van der Waals surface area contributed by atoms with Gasteiger partial charge in [-0.2, -0.15) is 0 Å². The zero-order chi connectivity index (χ0) is 18.6. The number of carbonyl (C=O) groups excluding carboxylic acids is 1. The maximum Gasteiger partial charge on any atom is 0.274 e. The third-order valence-corrected chi connectivity index (χ3v) is 4.04. The number of anilines is 3. The van der Waals surface area contributed by atoms with Gasteiger partial charge >= 0.3 is 0 Å². The van der Waals surface area contributed by atoms with Crippen molar-refractivity contribution in [2.75, 3.05) is 10.6 Å². The van der Waals surface area contributed by atoms with Crippen molar-refractivity contribution in [2.24, 2.45) is 0 Å². The number of carbonyl (C=O) groups is 1. The van der Waals surface area contributed by atoms with E-state index in [1.165, 1.54) is 0 Å². The zero-order valence-corrected chi connectivity index (χ0v) is 14.7. The molecule has 0 unspecified atom stereocenters. The van der Waals surface area contributed by atoms with Gasteiger partial charge in [-0.1, -0.05) is 30.3 Å². The maximum atomic E-state index is 12.5. The Morgan fingerprint density at radius 2 is 1.78 bits per heavy atom. The summed E-state index contributed by atoms with van der Waals surface area (Å²) in [5.41, 5.74) is 3.68. The van der Waals surface area contributed by atoms with Gasteiger partial charge in [-0.15, -0.1) is 0 Å². The van der Waals surface area contributed by atoms with Crippen molar-refractivity contribution in [2.45, 2.75) is 6.92 Å². The summed E-state index contributed by atoms with van der Waals surface area (Å²) in [6.07, 6.45) is 3.29. The summed E-state index contributed by atoms with van der Waals surface area (Å²) in [7, 11) is 0. The van der Waals surface area contributed by atoms with Crippen LogP contribution in [0.1, 0.15) is 16.1 Å². The van der Waals surface area contributed by atoms with Crippen LogP contribution in [-0.2, 0) is 0 Å². The van der Waals surface area contributed by atoms with E-state index in [1.807, 2.05) is 61.5 Å². The number of hydrogen-bond donors (Lipinski definition) is 2. The van der Waals surface area contributed by atoms with Gasteiger partial charge in [-0.3, -0.25) is 9.78 Å². The van der Waals surface area contributed by atoms with Gasteiger partial charge < -0.3 is 10.6 Å². The molecule has 0 aliphatic rings. The predicted octanol–water partition coefficient (Wildman–Crippen LogP) is 4.33. The minimum Gasteiger partial charge on any atom is -0.322 e. The van der Waals surface area contributed by atoms with E-state index >= 15 is 0 Å². The smallest absolute Gasteiger partial charge is 0.274 e. The fourth-order valence-electron chi connectivity index (χ4n) is 2.79. The third kappa shape index (κ3) is 3.74. The first-order chi connectivity index (χ1) is 13.2. The Hall–Kier alpha value is -3.80. The Kier molecular flexibility index (Phi) is 4.45. The van der Waals surface area contributed by atoms with E-state index in [0.717, 1.165) is 27.8 Å². The number of aromatic nitrogens is 3. The van der Waals surface area contributed by atoms with Crippen molar-refractivity contribution < 1.29 is 4.79 Å². The standard InChI is InChI=1S/C21H17N5O/c1-14-5-2-8-16(13-14)24-20(27)18-10-12-23-21(26-18)25-17-9-3-6-15-7-4-11-22-19(15)17/h2-13H,1H3,(H,24,27)(H,23,25,26). The number of pyridine rings is 1. The quantitative estimate of drug-likeness (QED) is 0.569. The molecule has 4 aromatic rings. The topological polar surface area (TPSA) is 79.8 Å². The molecule has 2 aromatic carbocycles. The molecule has 0 saturated heterocycles. The number of rotatable bonds is 4. The van der Waals surface area contributed by atoms with Crippen LogP contribution >= 0.6 is 0 Å². The summed E-state index contributed by atoms with van der Waals surface area (Å²) in [5, 5.41) is 7.01. The van der Waals surface area contributed by atoms with E-state index in [0.29, 0.717) is 5.95 Å². The first-order valence-corrected chi connectivity index (χ1v) is 8.51. The zero-order valence-electron chi connectivity index (χ0n) is 14.7. The molecule has 2 heterocycles. The lowest BCUT2D eigenvalue weighted by Crippen LogP contribution is -2.14. The minimum absolute atomic E-state index is 0.280. The highest BCUT2D eigenvalue weighted by Crippen LogP contribution is 2.23. The number of benzene rings is 2. The monoisotopic (exact) mass is 355 g/mol. The molecule has 1 amide bonds. The van der Waals surface area contributed by atoms with E-state index < -0.39 is 0 Å². The SMILES string of the molecule is Cc1cccc(NC(=O)c2ccnc(Nc3cccc4cccnc34)n2)c1. The van der Waals surface area contributed by atoms with Crippen LogP contribution in [0.15, 0.2) is 73.1 Å². The lowest BCUT2D eigenvalue weighted by molar-refractivity contribution is 0.102. The number of hydrogen-bond acceptors (Lipinski definition) is 5. The predicted molar refractivity (Wildman–Crippen MR) is 106 cm³/mol. The molecule has 4 rings (SSSR count). The van der Waals surface area contributed by atoms with Gasteiger partial charge in [0.2, 0.25) is 5.95 Å². The largest absolute Gasteiger partial charge is 0.322 e. The number of amides is 1. The molecule has 27 heavy (non-hydrogen) atoms. The van der Waals surface area contributed by atoms with Crippen molar-refractivity contribution in [3.63, 3.8) is 0 Å². The van der Waals surface area contributed by atoms with E-state index in [9.17, 15) is 4.79 Å². The fraction of sp³-hybridized carbons (Fsp3) is 0.0476. The molecule has 0 bridgehead atoms. The highest BCUT2D eigenvalue weighted by molar-refractivity contribution is 6.03. The molecule has 0 radical (unpaired) electrons. The maximum absolute atomic E-state index is 12.5. The Bertz CT molecular complexity index is 1120. The van der Waals surface area contributed by atoms with Gasteiger partial charge in [0.15, 0.2) is 0 Å². The second-order valence-corrected chi connectivity index (χ2v) is 6.09. The number of fused-ring (bicyclic) bond motifs is 1. The van der Waals surface area contributed by atoms with Crippen LogP contribution < -0.4 is 10.6 Å². The first-order valence-electron chi connectivity index (χ1n) is 8.51. The van der Waals surface area contributed by atoms with Crippen LogP contribution in [0, 0.1) is 6.92 Å². The van der Waals surface area contributed by atoms with Crippen LogP contribution in [0.25, 0.3) is 10.9 Å². The summed E-state index contributed by atoms with van der Waals surface area (Å²) in [6.45, 7) is 1.97. The minimum atomic E-state index is -0.290. The highest BCUT2D eigenvalue weighted by Gasteiger charge is 2.10. The van der Waals surface area contributed by atoms with Crippen molar-refractivity contribution in [3.05, 3.63) is 84.3 Å². The lowest BCUT2D eigenvalue weighted by atomic mass is 10.2.